The SMILES string of the molecule is CC1(c2ccccc2)C2=CC=CC(N(c3ccc4c(c3)C3(c5ccccc5-4)C4CC5CC(C4)C3C5)c3ccccc3-c3cccc4cccc(-c5ccccc5)c34)C2(C)c2ccccc21. The second kappa shape index (κ2) is 13.7. The van der Waals surface area contributed by atoms with Gasteiger partial charge in [0.2, 0.25) is 0 Å². The summed E-state index contributed by atoms with van der Waals surface area (Å²) in [6, 6.07) is 71.9. The van der Waals surface area contributed by atoms with Gasteiger partial charge in [-0.3, -0.25) is 0 Å². The molecule has 0 N–H and O–H groups in total. The highest BCUT2D eigenvalue weighted by Crippen LogP contribution is 2.73. The van der Waals surface area contributed by atoms with Crippen LogP contribution in [0.1, 0.15) is 67.3 Å². The maximum absolute atomic E-state index is 2.79. The lowest BCUT2D eigenvalue weighted by Crippen LogP contribution is -2.49. The van der Waals surface area contributed by atoms with E-state index in [1.807, 2.05) is 0 Å². The van der Waals surface area contributed by atoms with Crippen molar-refractivity contribution in [1.82, 2.24) is 0 Å². The number of benzene rings is 8. The van der Waals surface area contributed by atoms with Crippen LogP contribution in [0, 0.1) is 23.7 Å². The highest BCUT2D eigenvalue weighted by Gasteiger charge is 2.66. The van der Waals surface area contributed by atoms with Crippen molar-refractivity contribution in [2.45, 2.75) is 61.8 Å². The molecular weight excluding hydrogens is 783 g/mol. The van der Waals surface area contributed by atoms with E-state index in [1.165, 1.54) is 103 Å². The first-order valence-corrected chi connectivity index (χ1v) is 24.2. The fraction of sp³-hybridized carbons (Fsp3) is 0.219. The van der Waals surface area contributed by atoms with Crippen molar-refractivity contribution < 1.29 is 0 Å². The molecule has 314 valence electrons. The second-order valence-corrected chi connectivity index (χ2v) is 20.6. The molecular formula is C64H53N. The van der Waals surface area contributed by atoms with E-state index in [2.05, 4.69) is 225 Å². The summed E-state index contributed by atoms with van der Waals surface area (Å²) >= 11 is 0. The molecule has 1 nitrogen and oxygen atoms in total. The van der Waals surface area contributed by atoms with E-state index in [0.29, 0.717) is 11.8 Å². The van der Waals surface area contributed by atoms with Crippen LogP contribution >= 0.6 is 0 Å². The summed E-state index contributed by atoms with van der Waals surface area (Å²) in [5.74, 6) is 3.15. The van der Waals surface area contributed by atoms with Crippen molar-refractivity contribution in [3.63, 3.8) is 0 Å². The Bertz CT molecular complexity index is 3290. The highest BCUT2D eigenvalue weighted by atomic mass is 15.2. The van der Waals surface area contributed by atoms with Gasteiger partial charge in [-0.1, -0.05) is 188 Å². The van der Waals surface area contributed by atoms with Crippen molar-refractivity contribution >= 4 is 22.1 Å². The third-order valence-electron chi connectivity index (χ3n) is 18.0. The fourth-order valence-corrected chi connectivity index (χ4v) is 15.6. The summed E-state index contributed by atoms with van der Waals surface area (Å²) in [4.78, 5) is 2.79. The zero-order chi connectivity index (χ0) is 43.1. The first-order valence-electron chi connectivity index (χ1n) is 24.2. The Morgan fingerprint density at radius 1 is 0.508 bits per heavy atom. The monoisotopic (exact) mass is 835 g/mol. The minimum Gasteiger partial charge on any atom is -0.333 e. The van der Waals surface area contributed by atoms with Crippen LogP contribution in [0.4, 0.5) is 11.4 Å². The van der Waals surface area contributed by atoms with Gasteiger partial charge in [-0.2, -0.15) is 0 Å². The van der Waals surface area contributed by atoms with E-state index in [9.17, 15) is 0 Å². The molecule has 8 atom stereocenters. The molecule has 4 fully saturated rings. The molecule has 65 heavy (non-hydrogen) atoms. The molecule has 0 heterocycles. The lowest BCUT2D eigenvalue weighted by Gasteiger charge is -2.48. The van der Waals surface area contributed by atoms with Gasteiger partial charge in [0.15, 0.2) is 0 Å². The van der Waals surface area contributed by atoms with E-state index in [0.717, 1.165) is 11.8 Å². The molecule has 0 aliphatic heterocycles. The lowest BCUT2D eigenvalue weighted by atomic mass is 9.59. The third-order valence-corrected chi connectivity index (χ3v) is 18.0. The quantitative estimate of drug-likeness (QED) is 0.161. The minimum atomic E-state index is -0.359. The fourth-order valence-electron chi connectivity index (χ4n) is 15.6. The molecule has 1 spiro atoms. The van der Waals surface area contributed by atoms with Crippen LogP contribution in [0.15, 0.2) is 212 Å². The Balaban J connectivity index is 1.04. The summed E-state index contributed by atoms with van der Waals surface area (Å²) in [7, 11) is 0. The number of rotatable bonds is 6. The number of allylic oxidation sites excluding steroid dienone is 2. The normalized spacial score (nSPS) is 28.3. The maximum atomic E-state index is 2.79. The predicted molar refractivity (Wildman–Crippen MR) is 270 cm³/mol. The van der Waals surface area contributed by atoms with Crippen molar-refractivity contribution in [3.8, 4) is 33.4 Å². The van der Waals surface area contributed by atoms with Gasteiger partial charge in [-0.05, 0) is 153 Å². The van der Waals surface area contributed by atoms with E-state index >= 15 is 0 Å². The Morgan fingerprint density at radius 2 is 1.17 bits per heavy atom. The van der Waals surface area contributed by atoms with Crippen molar-refractivity contribution in [3.05, 3.63) is 240 Å². The Hall–Kier alpha value is -6.70. The van der Waals surface area contributed by atoms with Crippen LogP contribution in [-0.4, -0.2) is 6.04 Å². The van der Waals surface area contributed by atoms with Gasteiger partial charge in [0.25, 0.3) is 0 Å². The largest absolute Gasteiger partial charge is 0.333 e. The first kappa shape index (κ1) is 37.7. The van der Waals surface area contributed by atoms with Crippen LogP contribution in [-0.2, 0) is 16.2 Å². The molecule has 0 radical (unpaired) electrons. The van der Waals surface area contributed by atoms with Crippen molar-refractivity contribution in [1.29, 1.82) is 0 Å². The van der Waals surface area contributed by atoms with Gasteiger partial charge in [0.1, 0.15) is 0 Å². The highest BCUT2D eigenvalue weighted by molar-refractivity contribution is 6.08. The summed E-state index contributed by atoms with van der Waals surface area (Å²) in [6.07, 6.45) is 12.9. The molecule has 7 aliphatic carbocycles. The summed E-state index contributed by atoms with van der Waals surface area (Å²) in [6.45, 7) is 5.04. The Labute approximate surface area is 383 Å². The number of anilines is 2. The zero-order valence-electron chi connectivity index (χ0n) is 37.3. The molecule has 7 aliphatic rings. The molecule has 1 heteroatoms. The Kier molecular flexibility index (Phi) is 7.91. The van der Waals surface area contributed by atoms with E-state index in [-0.39, 0.29) is 22.3 Å². The number of hydrogen-bond acceptors (Lipinski definition) is 1. The molecule has 8 aromatic carbocycles. The summed E-state index contributed by atoms with van der Waals surface area (Å²) in [5, 5.41) is 2.55. The van der Waals surface area contributed by atoms with Gasteiger partial charge < -0.3 is 4.90 Å². The number of hydrogen-bond donors (Lipinski definition) is 0. The van der Waals surface area contributed by atoms with Gasteiger partial charge in [-0.15, -0.1) is 0 Å². The van der Waals surface area contributed by atoms with Crippen LogP contribution in [0.5, 0.6) is 0 Å². The zero-order valence-corrected chi connectivity index (χ0v) is 37.3. The number of para-hydroxylation sites is 1. The van der Waals surface area contributed by atoms with Crippen LogP contribution in [0.2, 0.25) is 0 Å². The van der Waals surface area contributed by atoms with Crippen molar-refractivity contribution in [2.24, 2.45) is 23.7 Å². The van der Waals surface area contributed by atoms with Gasteiger partial charge in [-0.25, -0.2) is 0 Å². The first-order chi connectivity index (χ1) is 32.0. The second-order valence-electron chi connectivity index (χ2n) is 20.6. The molecule has 4 saturated carbocycles. The molecule has 0 amide bonds. The standard InChI is InChI=1S/C64H53N/c1-62(45-22-7-4-8-23-45)54-29-12-13-30-55(54)63(2)59(62)32-17-33-60(63)65(58-31-14-10-25-51(58)52-27-16-21-43-20-15-26-48(61(43)52)42-18-5-3-6-19-42)47-34-35-50-49-24-9-11-28-53(49)64(57(50)40-47)46-37-41-36-44(39-46)56(64)38-41/h3-35,40-41,44,46,56,60H,36-39H2,1-2H3. The van der Waals surface area contributed by atoms with Crippen LogP contribution < -0.4 is 4.90 Å². The predicted octanol–water partition coefficient (Wildman–Crippen LogP) is 15.8. The summed E-state index contributed by atoms with van der Waals surface area (Å²) in [5.41, 5.74) is 18.7. The molecule has 0 saturated heterocycles. The van der Waals surface area contributed by atoms with Crippen LogP contribution in [0.25, 0.3) is 44.2 Å². The van der Waals surface area contributed by atoms with E-state index < -0.39 is 0 Å². The topological polar surface area (TPSA) is 3.24 Å². The Morgan fingerprint density at radius 3 is 1.97 bits per heavy atom. The third kappa shape index (κ3) is 4.89. The van der Waals surface area contributed by atoms with Gasteiger partial charge in [0.05, 0.1) is 6.04 Å². The molecule has 8 aromatic rings. The van der Waals surface area contributed by atoms with E-state index in [4.69, 9.17) is 0 Å². The molecule has 15 rings (SSSR count). The average molecular weight is 836 g/mol. The average Bonchev–Trinajstić information content (AvgIpc) is 3.98. The smallest absolute Gasteiger partial charge is 0.0657 e. The van der Waals surface area contributed by atoms with E-state index in [1.54, 1.807) is 11.1 Å². The maximum Gasteiger partial charge on any atom is 0.0657 e. The molecule has 4 bridgehead atoms. The number of fused-ring (bicyclic) bond motifs is 7. The van der Waals surface area contributed by atoms with Gasteiger partial charge in [0, 0.05) is 33.2 Å². The van der Waals surface area contributed by atoms with Gasteiger partial charge >= 0.3 is 0 Å². The van der Waals surface area contributed by atoms with Crippen molar-refractivity contribution in [2.75, 3.05) is 4.90 Å². The number of nitrogens with zero attached hydrogens (tertiary/aromatic N) is 1. The molecule has 8 unspecified atom stereocenters. The minimum absolute atomic E-state index is 0.0347. The van der Waals surface area contributed by atoms with Crippen LogP contribution in [0.3, 0.4) is 0 Å². The molecule has 0 aromatic heterocycles. The lowest BCUT2D eigenvalue weighted by molar-refractivity contribution is 0.191. The summed E-state index contributed by atoms with van der Waals surface area (Å²) < 4.78 is 0.